The lowest BCUT2D eigenvalue weighted by Gasteiger charge is -2.29. The van der Waals surface area contributed by atoms with Gasteiger partial charge in [-0.25, -0.2) is 0 Å². The van der Waals surface area contributed by atoms with Crippen LogP contribution in [0.5, 0.6) is 0 Å². The number of rotatable bonds is 2. The lowest BCUT2D eigenvalue weighted by Crippen LogP contribution is -2.38. The van der Waals surface area contributed by atoms with Gasteiger partial charge in [-0.2, -0.15) is 0 Å². The lowest BCUT2D eigenvalue weighted by atomic mass is 10.0. The smallest absolute Gasteiger partial charge is 0.194 e. The van der Waals surface area contributed by atoms with Crippen LogP contribution in [0.4, 0.5) is 0 Å². The van der Waals surface area contributed by atoms with E-state index in [9.17, 15) is 0 Å². The third-order valence-electron chi connectivity index (χ3n) is 3.85. The normalized spacial score (nSPS) is 22.7. The zero-order valence-corrected chi connectivity index (χ0v) is 11.3. The van der Waals surface area contributed by atoms with Crippen molar-refractivity contribution < 1.29 is 0 Å². The van der Waals surface area contributed by atoms with Gasteiger partial charge in [-0.3, -0.25) is 5.41 Å². The van der Waals surface area contributed by atoms with Gasteiger partial charge in [0.1, 0.15) is 0 Å². The number of nitrogens with one attached hydrogen (secondary N) is 1. The predicted octanol–water partition coefficient (Wildman–Crippen LogP) is 2.71. The molecule has 1 aromatic carbocycles. The fraction of sp³-hybridized carbons (Fsp3) is 0.500. The van der Waals surface area contributed by atoms with E-state index < -0.39 is 0 Å². The Hall–Kier alpha value is -1.22. The highest BCUT2D eigenvalue weighted by molar-refractivity contribution is 5.85. The summed E-state index contributed by atoms with van der Waals surface area (Å²) in [6.45, 7) is 3.00. The first-order valence-electron chi connectivity index (χ1n) is 6.48. The van der Waals surface area contributed by atoms with Crippen molar-refractivity contribution in [1.29, 1.82) is 5.41 Å². The van der Waals surface area contributed by atoms with Crippen molar-refractivity contribution in [3.63, 3.8) is 0 Å². The van der Waals surface area contributed by atoms with E-state index in [0.717, 1.165) is 25.6 Å². The second-order valence-corrected chi connectivity index (χ2v) is 5.03. The van der Waals surface area contributed by atoms with Crippen molar-refractivity contribution >= 4 is 18.4 Å². The monoisotopic (exact) mass is 265 g/mol. The fourth-order valence-electron chi connectivity index (χ4n) is 2.93. The summed E-state index contributed by atoms with van der Waals surface area (Å²) in [5.74, 6) is 0.735. The van der Waals surface area contributed by atoms with Crippen molar-refractivity contribution in [2.45, 2.75) is 31.8 Å². The summed E-state index contributed by atoms with van der Waals surface area (Å²) in [6.07, 6.45) is 3.83. The van der Waals surface area contributed by atoms with Gasteiger partial charge >= 0.3 is 0 Å². The Morgan fingerprint density at radius 3 is 2.67 bits per heavy atom. The van der Waals surface area contributed by atoms with Gasteiger partial charge in [0.05, 0.1) is 0 Å². The maximum atomic E-state index is 8.23. The SMILES string of the molecule is Cl.N=C1N(Cc2ccccc2)C[C@@H]2CCCCN12. The number of hydrogen-bond acceptors (Lipinski definition) is 1. The van der Waals surface area contributed by atoms with Gasteiger partial charge in [0.2, 0.25) is 0 Å². The lowest BCUT2D eigenvalue weighted by molar-refractivity contribution is 0.267. The molecule has 98 valence electrons. The molecule has 0 aliphatic carbocycles. The summed E-state index contributed by atoms with van der Waals surface area (Å²) in [6, 6.07) is 11.1. The number of fused-ring (bicyclic) bond motifs is 1. The predicted molar refractivity (Wildman–Crippen MR) is 76.2 cm³/mol. The highest BCUT2D eigenvalue weighted by atomic mass is 35.5. The average Bonchev–Trinajstić information content (AvgIpc) is 2.68. The van der Waals surface area contributed by atoms with Gasteiger partial charge in [0.25, 0.3) is 0 Å². The second-order valence-electron chi connectivity index (χ2n) is 5.03. The Morgan fingerprint density at radius 1 is 1.17 bits per heavy atom. The summed E-state index contributed by atoms with van der Waals surface area (Å²) in [5, 5.41) is 8.23. The van der Waals surface area contributed by atoms with Crippen LogP contribution in [-0.4, -0.2) is 34.9 Å². The molecule has 2 aliphatic heterocycles. The minimum atomic E-state index is 0. The molecule has 3 rings (SSSR count). The van der Waals surface area contributed by atoms with E-state index in [0.29, 0.717) is 6.04 Å². The van der Waals surface area contributed by atoms with E-state index >= 15 is 0 Å². The van der Waals surface area contributed by atoms with Gasteiger partial charge in [-0.1, -0.05) is 30.3 Å². The number of benzene rings is 1. The van der Waals surface area contributed by atoms with Crippen LogP contribution in [-0.2, 0) is 6.54 Å². The van der Waals surface area contributed by atoms with Gasteiger partial charge in [-0.05, 0) is 24.8 Å². The van der Waals surface area contributed by atoms with Gasteiger partial charge in [0, 0.05) is 25.7 Å². The number of piperidine rings is 1. The van der Waals surface area contributed by atoms with E-state index in [1.54, 1.807) is 0 Å². The zero-order chi connectivity index (χ0) is 11.7. The minimum Gasteiger partial charge on any atom is -0.338 e. The molecule has 2 fully saturated rings. The fourth-order valence-corrected chi connectivity index (χ4v) is 2.93. The highest BCUT2D eigenvalue weighted by Crippen LogP contribution is 2.25. The summed E-state index contributed by atoms with van der Waals surface area (Å²) in [5.41, 5.74) is 1.30. The van der Waals surface area contributed by atoms with Crippen molar-refractivity contribution in [2.24, 2.45) is 0 Å². The van der Waals surface area contributed by atoms with E-state index in [1.807, 2.05) is 6.07 Å². The topological polar surface area (TPSA) is 30.3 Å². The van der Waals surface area contributed by atoms with Crippen LogP contribution in [0.2, 0.25) is 0 Å². The maximum absolute atomic E-state index is 8.23. The zero-order valence-electron chi connectivity index (χ0n) is 10.5. The van der Waals surface area contributed by atoms with Gasteiger partial charge < -0.3 is 9.80 Å². The number of hydrogen-bond donors (Lipinski definition) is 1. The molecule has 2 saturated heterocycles. The van der Waals surface area contributed by atoms with Crippen LogP contribution < -0.4 is 0 Å². The Bertz CT molecular complexity index is 407. The molecule has 1 N–H and O–H groups in total. The van der Waals surface area contributed by atoms with E-state index in [1.165, 1.54) is 24.8 Å². The molecule has 0 bridgehead atoms. The van der Waals surface area contributed by atoms with Gasteiger partial charge in [0.15, 0.2) is 5.96 Å². The minimum absolute atomic E-state index is 0. The third kappa shape index (κ3) is 2.46. The van der Waals surface area contributed by atoms with Crippen molar-refractivity contribution in [1.82, 2.24) is 9.80 Å². The molecule has 0 amide bonds. The Labute approximate surface area is 115 Å². The summed E-state index contributed by atoms with van der Waals surface area (Å²) in [7, 11) is 0. The summed E-state index contributed by atoms with van der Waals surface area (Å²) in [4.78, 5) is 4.50. The largest absolute Gasteiger partial charge is 0.338 e. The first-order valence-corrected chi connectivity index (χ1v) is 6.48. The number of nitrogens with zero attached hydrogens (tertiary/aromatic N) is 2. The summed E-state index contributed by atoms with van der Waals surface area (Å²) < 4.78 is 0. The first kappa shape index (κ1) is 13.2. The highest BCUT2D eigenvalue weighted by Gasteiger charge is 2.35. The molecule has 0 radical (unpaired) electrons. The molecule has 4 heteroatoms. The van der Waals surface area contributed by atoms with Crippen LogP contribution in [0.1, 0.15) is 24.8 Å². The Morgan fingerprint density at radius 2 is 1.94 bits per heavy atom. The van der Waals surface area contributed by atoms with Crippen molar-refractivity contribution in [3.8, 4) is 0 Å². The standard InChI is InChI=1S/C14H19N3.ClH/c15-14-16(10-12-6-2-1-3-7-12)11-13-8-4-5-9-17(13)14;/h1-3,6-7,13,15H,4-5,8-11H2;1H/t13-;/m0./s1. The van der Waals surface area contributed by atoms with Crippen molar-refractivity contribution in [2.75, 3.05) is 13.1 Å². The molecule has 3 nitrogen and oxygen atoms in total. The molecule has 0 aromatic heterocycles. The quantitative estimate of drug-likeness (QED) is 0.891. The molecule has 0 spiro atoms. The van der Waals surface area contributed by atoms with Crippen LogP contribution in [0, 0.1) is 5.41 Å². The Kier molecular flexibility index (Phi) is 4.12. The molecule has 1 aromatic rings. The maximum Gasteiger partial charge on any atom is 0.194 e. The first-order chi connectivity index (χ1) is 8.34. The van der Waals surface area contributed by atoms with Gasteiger partial charge in [-0.15, -0.1) is 12.4 Å². The van der Waals surface area contributed by atoms with E-state index in [2.05, 4.69) is 34.1 Å². The molecular formula is C14H20ClN3. The third-order valence-corrected chi connectivity index (χ3v) is 3.85. The van der Waals surface area contributed by atoms with Crippen LogP contribution in [0.15, 0.2) is 30.3 Å². The average molecular weight is 266 g/mol. The van der Waals surface area contributed by atoms with Crippen molar-refractivity contribution in [3.05, 3.63) is 35.9 Å². The molecule has 18 heavy (non-hydrogen) atoms. The summed E-state index contributed by atoms with van der Waals surface area (Å²) >= 11 is 0. The molecule has 1 atom stereocenters. The Balaban J connectivity index is 0.00000120. The molecule has 0 saturated carbocycles. The van der Waals surface area contributed by atoms with E-state index in [-0.39, 0.29) is 12.4 Å². The van der Waals surface area contributed by atoms with E-state index in [4.69, 9.17) is 5.41 Å². The number of guanidine groups is 1. The molecular weight excluding hydrogens is 246 g/mol. The van der Waals surface area contributed by atoms with Crippen LogP contribution in [0.25, 0.3) is 0 Å². The van der Waals surface area contributed by atoms with Crippen LogP contribution >= 0.6 is 12.4 Å². The molecule has 2 heterocycles. The molecule has 0 unspecified atom stereocenters. The van der Waals surface area contributed by atoms with Crippen LogP contribution in [0.3, 0.4) is 0 Å². The molecule has 2 aliphatic rings. The second kappa shape index (κ2) is 5.61. The number of halogens is 1.